The lowest BCUT2D eigenvalue weighted by atomic mass is 10.1. The summed E-state index contributed by atoms with van der Waals surface area (Å²) in [6.45, 7) is 4.01. The van der Waals surface area contributed by atoms with Crippen molar-refractivity contribution in [3.8, 4) is 12.1 Å². The van der Waals surface area contributed by atoms with Crippen molar-refractivity contribution in [2.24, 2.45) is 0 Å². The van der Waals surface area contributed by atoms with Gasteiger partial charge in [0.25, 0.3) is 0 Å². The number of benzene rings is 5. The van der Waals surface area contributed by atoms with Crippen molar-refractivity contribution < 1.29 is 0 Å². The molecule has 0 radical (unpaired) electrons. The van der Waals surface area contributed by atoms with Crippen molar-refractivity contribution in [1.29, 1.82) is 10.5 Å². The van der Waals surface area contributed by atoms with Crippen molar-refractivity contribution >= 4 is 40.6 Å². The monoisotopic (exact) mass is 594 g/mol. The number of hydrogen-bond acceptors (Lipinski definition) is 4. The molecule has 0 bridgehead atoms. The summed E-state index contributed by atoms with van der Waals surface area (Å²) >= 11 is 0. The second kappa shape index (κ2) is 15.4. The number of nitriles is 2. The zero-order valence-electron chi connectivity index (χ0n) is 26.0. The molecular formula is C42H34N4. The predicted octanol–water partition coefficient (Wildman–Crippen LogP) is 11.2. The summed E-state index contributed by atoms with van der Waals surface area (Å²) in [5.74, 6) is 0. The second-order valence-electron chi connectivity index (χ2n) is 10.5. The highest BCUT2D eigenvalue weighted by Gasteiger charge is 2.14. The van der Waals surface area contributed by atoms with E-state index in [0.717, 1.165) is 45.3 Å². The molecule has 0 aromatic heterocycles. The third kappa shape index (κ3) is 7.58. The van der Waals surface area contributed by atoms with Gasteiger partial charge in [0.15, 0.2) is 0 Å². The first kappa shape index (κ1) is 31.1. The fourth-order valence-corrected chi connectivity index (χ4v) is 5.07. The van der Waals surface area contributed by atoms with Crippen LogP contribution < -0.4 is 9.80 Å². The van der Waals surface area contributed by atoms with Gasteiger partial charge in [0.1, 0.15) is 0 Å². The minimum absolute atomic E-state index is 0.629. The largest absolute Gasteiger partial charge is 0.311 e. The molecule has 5 aromatic carbocycles. The SMILES string of the molecule is C\C=C/C=C(\C=C/C)N(c1ccc(C#N)cc1)c1ccc(/C=C/c2ccc(N(c3ccccc3)c3ccc(C#N)cc3)cc2)cc1. The Balaban J connectivity index is 1.39. The molecule has 4 heteroatoms. The van der Waals surface area contributed by atoms with Gasteiger partial charge in [-0.2, -0.15) is 10.5 Å². The Kier molecular flexibility index (Phi) is 10.4. The van der Waals surface area contributed by atoms with E-state index in [1.165, 1.54) is 0 Å². The number of anilines is 5. The third-order valence-electron chi connectivity index (χ3n) is 7.35. The Bertz CT molecular complexity index is 1930. The summed E-state index contributed by atoms with van der Waals surface area (Å²) in [6.07, 6.45) is 14.4. The van der Waals surface area contributed by atoms with Crippen LogP contribution in [0.4, 0.5) is 28.4 Å². The van der Waals surface area contributed by atoms with Crippen LogP contribution in [0.5, 0.6) is 0 Å². The van der Waals surface area contributed by atoms with Crippen LogP contribution in [0, 0.1) is 22.7 Å². The Morgan fingerprint density at radius 2 is 0.957 bits per heavy atom. The van der Waals surface area contributed by atoms with E-state index in [4.69, 9.17) is 0 Å². The quantitative estimate of drug-likeness (QED) is 0.119. The minimum Gasteiger partial charge on any atom is -0.311 e. The highest BCUT2D eigenvalue weighted by Crippen LogP contribution is 2.35. The van der Waals surface area contributed by atoms with Gasteiger partial charge in [0, 0.05) is 34.1 Å². The molecule has 0 amide bonds. The molecule has 0 unspecified atom stereocenters. The van der Waals surface area contributed by atoms with Crippen LogP contribution in [-0.4, -0.2) is 0 Å². The van der Waals surface area contributed by atoms with Gasteiger partial charge in [-0.25, -0.2) is 0 Å². The standard InChI is InChI=1S/C42H34N4/c1-3-5-10-37(9-4-2)45(41-27-19-35(31-43)20-28-41)39-23-15-33(16-24-39)13-14-34-17-25-40(26-18-34)46(38-11-7-6-8-12-38)42-29-21-36(32-44)22-30-42/h3-30H,1-2H3/b5-3-,9-4-,14-13+,37-10+. The maximum absolute atomic E-state index is 9.29. The number of hydrogen-bond donors (Lipinski definition) is 0. The highest BCUT2D eigenvalue weighted by atomic mass is 15.1. The molecule has 0 saturated carbocycles. The van der Waals surface area contributed by atoms with Crippen LogP contribution in [0.2, 0.25) is 0 Å². The van der Waals surface area contributed by atoms with Gasteiger partial charge in [0.2, 0.25) is 0 Å². The molecule has 0 aliphatic carbocycles. The Morgan fingerprint density at radius 3 is 1.41 bits per heavy atom. The number of nitrogens with zero attached hydrogens (tertiary/aromatic N) is 4. The summed E-state index contributed by atoms with van der Waals surface area (Å²) in [7, 11) is 0. The zero-order valence-corrected chi connectivity index (χ0v) is 26.0. The van der Waals surface area contributed by atoms with Crippen LogP contribution >= 0.6 is 0 Å². The summed E-state index contributed by atoms with van der Waals surface area (Å²) in [5, 5.41) is 18.5. The summed E-state index contributed by atoms with van der Waals surface area (Å²) in [4.78, 5) is 4.36. The fraction of sp³-hybridized carbons (Fsp3) is 0.0476. The van der Waals surface area contributed by atoms with Crippen LogP contribution in [0.1, 0.15) is 36.1 Å². The molecular weight excluding hydrogens is 560 g/mol. The van der Waals surface area contributed by atoms with Gasteiger partial charge in [-0.1, -0.05) is 72.8 Å². The first-order valence-corrected chi connectivity index (χ1v) is 15.1. The maximum Gasteiger partial charge on any atom is 0.0991 e. The van der Waals surface area contributed by atoms with Gasteiger partial charge >= 0.3 is 0 Å². The number of rotatable bonds is 10. The molecule has 0 atom stereocenters. The molecule has 5 aromatic rings. The van der Waals surface area contributed by atoms with Crippen LogP contribution in [0.3, 0.4) is 0 Å². The van der Waals surface area contributed by atoms with Gasteiger partial charge < -0.3 is 9.80 Å². The Morgan fingerprint density at radius 1 is 0.522 bits per heavy atom. The average Bonchev–Trinajstić information content (AvgIpc) is 3.12. The normalized spacial score (nSPS) is 11.5. The molecule has 0 fully saturated rings. The average molecular weight is 595 g/mol. The lowest BCUT2D eigenvalue weighted by molar-refractivity contribution is 1.20. The van der Waals surface area contributed by atoms with Gasteiger partial charge in [-0.05, 0) is 122 Å². The molecule has 46 heavy (non-hydrogen) atoms. The molecule has 0 N–H and O–H groups in total. The van der Waals surface area contributed by atoms with E-state index < -0.39 is 0 Å². The van der Waals surface area contributed by atoms with Gasteiger partial charge in [-0.3, -0.25) is 0 Å². The zero-order chi connectivity index (χ0) is 32.1. The molecule has 5 rings (SSSR count). The van der Waals surface area contributed by atoms with Crippen molar-refractivity contribution in [2.75, 3.05) is 9.80 Å². The topological polar surface area (TPSA) is 54.1 Å². The van der Waals surface area contributed by atoms with Crippen molar-refractivity contribution in [3.63, 3.8) is 0 Å². The molecule has 4 nitrogen and oxygen atoms in total. The van der Waals surface area contributed by atoms with Gasteiger partial charge in [-0.15, -0.1) is 0 Å². The Labute approximate surface area is 272 Å². The summed E-state index contributed by atoms with van der Waals surface area (Å²) in [6, 6.07) is 46.8. The fourth-order valence-electron chi connectivity index (χ4n) is 5.07. The third-order valence-corrected chi connectivity index (χ3v) is 7.35. The lowest BCUT2D eigenvalue weighted by Gasteiger charge is -2.26. The van der Waals surface area contributed by atoms with E-state index in [1.54, 1.807) is 0 Å². The molecule has 0 aliphatic heterocycles. The lowest BCUT2D eigenvalue weighted by Crippen LogP contribution is -2.15. The maximum atomic E-state index is 9.29. The van der Waals surface area contributed by atoms with Crippen molar-refractivity contribution in [1.82, 2.24) is 0 Å². The van der Waals surface area contributed by atoms with E-state index in [0.29, 0.717) is 11.1 Å². The molecule has 0 saturated heterocycles. The first-order chi connectivity index (χ1) is 22.6. The number of allylic oxidation sites excluding steroid dienone is 5. The van der Waals surface area contributed by atoms with Crippen LogP contribution in [-0.2, 0) is 0 Å². The highest BCUT2D eigenvalue weighted by molar-refractivity contribution is 5.79. The summed E-state index contributed by atoms with van der Waals surface area (Å²) < 4.78 is 0. The van der Waals surface area contributed by atoms with Crippen LogP contribution in [0.15, 0.2) is 163 Å². The first-order valence-electron chi connectivity index (χ1n) is 15.1. The van der Waals surface area contributed by atoms with Crippen molar-refractivity contribution in [3.05, 3.63) is 186 Å². The van der Waals surface area contributed by atoms with Crippen molar-refractivity contribution in [2.45, 2.75) is 13.8 Å². The molecule has 0 heterocycles. The van der Waals surface area contributed by atoms with E-state index in [2.05, 4.69) is 107 Å². The van der Waals surface area contributed by atoms with E-state index in [1.807, 2.05) is 98.8 Å². The second-order valence-corrected chi connectivity index (χ2v) is 10.5. The van der Waals surface area contributed by atoms with Crippen LogP contribution in [0.25, 0.3) is 12.2 Å². The van der Waals surface area contributed by atoms with E-state index in [9.17, 15) is 10.5 Å². The van der Waals surface area contributed by atoms with E-state index >= 15 is 0 Å². The van der Waals surface area contributed by atoms with Gasteiger partial charge in [0.05, 0.1) is 23.3 Å². The Hall–Kier alpha value is -6.36. The summed E-state index contributed by atoms with van der Waals surface area (Å²) in [5.41, 5.74) is 9.50. The number of para-hydroxylation sites is 1. The molecule has 0 spiro atoms. The minimum atomic E-state index is 0.629. The van der Waals surface area contributed by atoms with E-state index in [-0.39, 0.29) is 0 Å². The molecule has 222 valence electrons. The smallest absolute Gasteiger partial charge is 0.0991 e. The molecule has 0 aliphatic rings. The predicted molar refractivity (Wildman–Crippen MR) is 192 cm³/mol.